The van der Waals surface area contributed by atoms with Gasteiger partial charge in [0.2, 0.25) is 0 Å². The molecule has 1 aliphatic carbocycles. The van der Waals surface area contributed by atoms with Crippen molar-refractivity contribution in [2.75, 3.05) is 0 Å². The van der Waals surface area contributed by atoms with Crippen LogP contribution in [0.4, 0.5) is 8.78 Å². The molecule has 1 saturated carbocycles. The first kappa shape index (κ1) is 16.6. The van der Waals surface area contributed by atoms with Gasteiger partial charge in [0.15, 0.2) is 0 Å². The molecule has 1 aliphatic rings. The normalized spacial score (nSPS) is 14.0. The molecule has 3 rings (SSSR count). The van der Waals surface area contributed by atoms with Gasteiger partial charge in [-0.2, -0.15) is 0 Å². The number of carbonyl (C=O) groups is 1. The lowest BCUT2D eigenvalue weighted by atomic mass is 10.0. The summed E-state index contributed by atoms with van der Waals surface area (Å²) in [4.78, 5) is 14.4. The Morgan fingerprint density at radius 2 is 1.79 bits per heavy atom. The first-order chi connectivity index (χ1) is 11.5. The van der Waals surface area contributed by atoms with Gasteiger partial charge in [-0.15, -0.1) is 0 Å². The Bertz CT molecular complexity index is 736. The number of benzene rings is 2. The molecule has 0 aliphatic heterocycles. The molecule has 0 unspecified atom stereocenters. The number of halogens is 2. The summed E-state index contributed by atoms with van der Waals surface area (Å²) in [6.07, 6.45) is 1.86. The van der Waals surface area contributed by atoms with Crippen LogP contribution in [0.25, 0.3) is 0 Å². The molecule has 0 bridgehead atoms. The highest BCUT2D eigenvalue weighted by Gasteiger charge is 2.34. The summed E-state index contributed by atoms with van der Waals surface area (Å²) in [5.74, 6) is -1.40. The minimum atomic E-state index is -0.805. The molecule has 126 valence electrons. The average Bonchev–Trinajstić information content (AvgIpc) is 3.37. The van der Waals surface area contributed by atoms with E-state index in [9.17, 15) is 13.6 Å². The summed E-state index contributed by atoms with van der Waals surface area (Å²) in [6.45, 7) is 4.71. The zero-order valence-corrected chi connectivity index (χ0v) is 13.9. The van der Waals surface area contributed by atoms with Gasteiger partial charge >= 0.3 is 0 Å². The van der Waals surface area contributed by atoms with E-state index in [1.807, 2.05) is 12.1 Å². The Balaban J connectivity index is 1.81. The number of hydrogen-bond donors (Lipinski definition) is 0. The second-order valence-corrected chi connectivity index (χ2v) is 6.68. The van der Waals surface area contributed by atoms with Gasteiger partial charge in [-0.3, -0.25) is 4.79 Å². The second kappa shape index (κ2) is 6.71. The van der Waals surface area contributed by atoms with E-state index in [1.54, 1.807) is 4.90 Å². The van der Waals surface area contributed by atoms with Gasteiger partial charge in [-0.05, 0) is 42.0 Å². The molecule has 1 amide bonds. The van der Waals surface area contributed by atoms with Crippen molar-refractivity contribution in [3.8, 4) is 0 Å². The lowest BCUT2D eigenvalue weighted by molar-refractivity contribution is 0.0725. The summed E-state index contributed by atoms with van der Waals surface area (Å²) >= 11 is 0. The molecule has 1 fully saturated rings. The van der Waals surface area contributed by atoms with Crippen LogP contribution < -0.4 is 0 Å². The molecule has 2 aromatic carbocycles. The standard InChI is InChI=1S/C20H21F2NO/c1-13(2)15-5-3-14(4-6-15)12-23(17-8-9-17)20(24)18-10-7-16(21)11-19(18)22/h3-7,10-11,13,17H,8-9,12H2,1-2H3. The maximum Gasteiger partial charge on any atom is 0.257 e. The predicted molar refractivity (Wildman–Crippen MR) is 89.8 cm³/mol. The zero-order chi connectivity index (χ0) is 17.3. The van der Waals surface area contributed by atoms with Gasteiger partial charge in [0, 0.05) is 18.7 Å². The van der Waals surface area contributed by atoms with Crippen LogP contribution in [0.1, 0.15) is 54.1 Å². The van der Waals surface area contributed by atoms with Crippen LogP contribution in [0.3, 0.4) is 0 Å². The molecule has 0 N–H and O–H groups in total. The monoisotopic (exact) mass is 329 g/mol. The number of carbonyl (C=O) groups excluding carboxylic acids is 1. The third kappa shape index (κ3) is 3.64. The number of rotatable bonds is 5. The smallest absolute Gasteiger partial charge is 0.257 e. The van der Waals surface area contributed by atoms with Crippen molar-refractivity contribution in [3.05, 3.63) is 70.8 Å². The van der Waals surface area contributed by atoms with Crippen molar-refractivity contribution in [1.29, 1.82) is 0 Å². The van der Waals surface area contributed by atoms with Crippen LogP contribution in [-0.4, -0.2) is 16.8 Å². The maximum absolute atomic E-state index is 13.9. The van der Waals surface area contributed by atoms with Crippen molar-refractivity contribution < 1.29 is 13.6 Å². The molecule has 0 spiro atoms. The largest absolute Gasteiger partial charge is 0.331 e. The molecule has 0 radical (unpaired) electrons. The van der Waals surface area contributed by atoms with Crippen LogP contribution in [-0.2, 0) is 6.54 Å². The summed E-state index contributed by atoms with van der Waals surface area (Å²) in [5.41, 5.74) is 2.19. The van der Waals surface area contributed by atoms with Crippen molar-refractivity contribution in [3.63, 3.8) is 0 Å². The Morgan fingerprint density at radius 1 is 1.12 bits per heavy atom. The fourth-order valence-corrected chi connectivity index (χ4v) is 2.78. The van der Waals surface area contributed by atoms with Crippen LogP contribution in [0.2, 0.25) is 0 Å². The SMILES string of the molecule is CC(C)c1ccc(CN(C(=O)c2ccc(F)cc2F)C2CC2)cc1. The quantitative estimate of drug-likeness (QED) is 0.764. The van der Waals surface area contributed by atoms with Crippen LogP contribution in [0.5, 0.6) is 0 Å². The summed E-state index contributed by atoms with van der Waals surface area (Å²) in [5, 5.41) is 0. The van der Waals surface area contributed by atoms with E-state index in [4.69, 9.17) is 0 Å². The lowest BCUT2D eigenvalue weighted by Gasteiger charge is -2.23. The second-order valence-electron chi connectivity index (χ2n) is 6.68. The molecule has 2 aromatic rings. The topological polar surface area (TPSA) is 20.3 Å². The van der Waals surface area contributed by atoms with E-state index in [0.29, 0.717) is 12.5 Å². The van der Waals surface area contributed by atoms with Gasteiger partial charge in [-0.25, -0.2) is 8.78 Å². The van der Waals surface area contributed by atoms with Crippen LogP contribution in [0.15, 0.2) is 42.5 Å². The molecule has 0 aromatic heterocycles. The van der Waals surface area contributed by atoms with Gasteiger partial charge in [0.05, 0.1) is 5.56 Å². The Morgan fingerprint density at radius 3 is 2.33 bits per heavy atom. The summed E-state index contributed by atoms with van der Waals surface area (Å²) in [6, 6.07) is 11.4. The predicted octanol–water partition coefficient (Wildman–Crippen LogP) is 4.89. The highest BCUT2D eigenvalue weighted by Crippen LogP contribution is 2.30. The highest BCUT2D eigenvalue weighted by molar-refractivity contribution is 5.94. The first-order valence-corrected chi connectivity index (χ1v) is 8.30. The van der Waals surface area contributed by atoms with Crippen molar-refractivity contribution in [2.24, 2.45) is 0 Å². The van der Waals surface area contributed by atoms with Gasteiger partial charge < -0.3 is 4.90 Å². The van der Waals surface area contributed by atoms with Gasteiger partial charge in [0.25, 0.3) is 5.91 Å². The van der Waals surface area contributed by atoms with E-state index in [-0.39, 0.29) is 17.5 Å². The molecule has 0 heterocycles. The molecular weight excluding hydrogens is 308 g/mol. The van der Waals surface area contributed by atoms with E-state index in [1.165, 1.54) is 11.6 Å². The fourth-order valence-electron chi connectivity index (χ4n) is 2.78. The Hall–Kier alpha value is -2.23. The zero-order valence-electron chi connectivity index (χ0n) is 13.9. The Labute approximate surface area is 141 Å². The van der Waals surface area contributed by atoms with Crippen LogP contribution >= 0.6 is 0 Å². The molecule has 4 heteroatoms. The van der Waals surface area contributed by atoms with E-state index in [2.05, 4.69) is 26.0 Å². The van der Waals surface area contributed by atoms with E-state index < -0.39 is 11.6 Å². The first-order valence-electron chi connectivity index (χ1n) is 8.30. The summed E-state index contributed by atoms with van der Waals surface area (Å²) < 4.78 is 27.0. The third-order valence-corrected chi connectivity index (χ3v) is 4.41. The van der Waals surface area contributed by atoms with Crippen molar-refractivity contribution >= 4 is 5.91 Å². The van der Waals surface area contributed by atoms with E-state index >= 15 is 0 Å². The van der Waals surface area contributed by atoms with Crippen LogP contribution in [0, 0.1) is 11.6 Å². The van der Waals surface area contributed by atoms with E-state index in [0.717, 1.165) is 30.5 Å². The molecule has 24 heavy (non-hydrogen) atoms. The molecule has 2 nitrogen and oxygen atoms in total. The minimum Gasteiger partial charge on any atom is -0.331 e. The maximum atomic E-state index is 13.9. The molecular formula is C20H21F2NO. The third-order valence-electron chi connectivity index (χ3n) is 4.41. The number of hydrogen-bond acceptors (Lipinski definition) is 1. The number of amides is 1. The highest BCUT2D eigenvalue weighted by atomic mass is 19.1. The lowest BCUT2D eigenvalue weighted by Crippen LogP contribution is -2.33. The Kier molecular flexibility index (Phi) is 4.65. The fraction of sp³-hybridized carbons (Fsp3) is 0.350. The van der Waals surface area contributed by atoms with Gasteiger partial charge in [0.1, 0.15) is 11.6 Å². The van der Waals surface area contributed by atoms with Gasteiger partial charge in [-0.1, -0.05) is 38.1 Å². The summed E-state index contributed by atoms with van der Waals surface area (Å²) in [7, 11) is 0. The molecule has 0 saturated heterocycles. The van der Waals surface area contributed by atoms with Crippen molar-refractivity contribution in [1.82, 2.24) is 4.90 Å². The number of nitrogens with zero attached hydrogens (tertiary/aromatic N) is 1. The van der Waals surface area contributed by atoms with Crippen molar-refractivity contribution in [2.45, 2.75) is 45.2 Å². The minimum absolute atomic E-state index is 0.0675. The average molecular weight is 329 g/mol. The molecule has 0 atom stereocenters.